The lowest BCUT2D eigenvalue weighted by Gasteiger charge is -2.01. The Kier molecular flexibility index (Phi) is 11.7. The minimum Gasteiger partial charge on any atom is -0.270 e. The van der Waals surface area contributed by atoms with Crippen molar-refractivity contribution in [2.75, 3.05) is 6.16 Å². The highest BCUT2D eigenvalue weighted by atomic mass is 32.0. The third-order valence-electron chi connectivity index (χ3n) is 2.73. The maximum absolute atomic E-state index is 10.3. The Bertz CT molecular complexity index is 323. The van der Waals surface area contributed by atoms with Gasteiger partial charge in [0.1, 0.15) is 0 Å². The highest BCUT2D eigenvalue weighted by Crippen LogP contribution is 2.26. The average Bonchev–Trinajstić information content (AvgIpc) is 2.29. The summed E-state index contributed by atoms with van der Waals surface area (Å²) in [5.74, 6) is 0. The van der Waals surface area contributed by atoms with Gasteiger partial charge in [0.25, 0.3) is 0 Å². The molecule has 0 rings (SSSR count). The van der Waals surface area contributed by atoms with Gasteiger partial charge in [-0.2, -0.15) is 0 Å². The molecular weight excluding hydrogens is 258 g/mol. The van der Waals surface area contributed by atoms with E-state index in [1.807, 2.05) is 0 Å². The second-order valence-electron chi connectivity index (χ2n) is 4.91. The summed E-state index contributed by atoms with van der Waals surface area (Å²) in [7, 11) is 0.808. The first-order valence-electron chi connectivity index (χ1n) is 6.56. The molecule has 0 aromatic carbocycles. The van der Waals surface area contributed by atoms with Gasteiger partial charge in [-0.3, -0.25) is 4.57 Å². The van der Waals surface area contributed by atoms with Crippen LogP contribution in [0.1, 0.15) is 53.4 Å². The summed E-state index contributed by atoms with van der Waals surface area (Å²) < 4.78 is 10.3. The van der Waals surface area contributed by atoms with E-state index in [4.69, 9.17) is 0 Å². The van der Waals surface area contributed by atoms with Crippen molar-refractivity contribution in [2.24, 2.45) is 0 Å². The fourth-order valence-electron chi connectivity index (χ4n) is 1.60. The van der Waals surface area contributed by atoms with Gasteiger partial charge in [-0.05, 0) is 67.8 Å². The third kappa shape index (κ3) is 12.2. The number of hydrogen-bond acceptors (Lipinski definition) is 1. The molecule has 3 heteroatoms. The molecule has 0 fully saturated rings. The lowest BCUT2D eigenvalue weighted by Crippen LogP contribution is -1.81. The summed E-state index contributed by atoms with van der Waals surface area (Å²) >= 11 is 0. The zero-order chi connectivity index (χ0) is 13.8. The van der Waals surface area contributed by atoms with Crippen LogP contribution in [0, 0.1) is 0 Å². The van der Waals surface area contributed by atoms with Crippen molar-refractivity contribution in [3.63, 3.8) is 0 Å². The number of hydrogen-bond donors (Lipinski definition) is 0. The molecule has 0 radical (unpaired) electrons. The molecule has 0 aromatic rings. The quantitative estimate of drug-likeness (QED) is 0.276. The second kappa shape index (κ2) is 11.8. The minimum absolute atomic E-state index is 0.284. The first kappa shape index (κ1) is 17.8. The largest absolute Gasteiger partial charge is 0.270 e. The molecule has 0 heterocycles. The molecule has 0 aliphatic rings. The maximum Gasteiger partial charge on any atom is 0.178 e. The monoisotopic (exact) mass is 284 g/mol. The van der Waals surface area contributed by atoms with Crippen LogP contribution in [-0.4, -0.2) is 6.16 Å². The molecule has 0 saturated heterocycles. The molecule has 0 aliphatic heterocycles. The molecule has 1 unspecified atom stereocenters. The van der Waals surface area contributed by atoms with E-state index in [0.29, 0.717) is 8.27 Å². The van der Waals surface area contributed by atoms with E-state index in [1.165, 1.54) is 23.1 Å². The topological polar surface area (TPSA) is 17.1 Å². The third-order valence-corrected chi connectivity index (χ3v) is 4.18. The summed E-state index contributed by atoms with van der Waals surface area (Å²) in [5.41, 5.74) is 4.31. The van der Waals surface area contributed by atoms with Crippen molar-refractivity contribution >= 4 is 16.4 Å². The lowest BCUT2D eigenvalue weighted by molar-refractivity contribution is 0.605. The van der Waals surface area contributed by atoms with Crippen LogP contribution in [0.4, 0.5) is 0 Å². The van der Waals surface area contributed by atoms with Crippen LogP contribution in [0.5, 0.6) is 0 Å². The zero-order valence-corrected chi connectivity index (χ0v) is 14.0. The summed E-state index contributed by atoms with van der Waals surface area (Å²) in [6, 6.07) is 0. The van der Waals surface area contributed by atoms with Gasteiger partial charge in [-0.1, -0.05) is 34.9 Å². The molecule has 0 aliphatic carbocycles. The predicted molar refractivity (Wildman–Crippen MR) is 86.2 cm³/mol. The van der Waals surface area contributed by atoms with E-state index >= 15 is 0 Å². The van der Waals surface area contributed by atoms with Gasteiger partial charge in [0.15, 0.2) is 8.15 Å². The van der Waals surface area contributed by atoms with Gasteiger partial charge in [-0.25, -0.2) is 0 Å². The van der Waals surface area contributed by atoms with Gasteiger partial charge in [0.2, 0.25) is 0 Å². The summed E-state index contributed by atoms with van der Waals surface area (Å²) in [4.78, 5) is 0. The molecule has 1 nitrogen and oxygen atoms in total. The number of rotatable bonds is 9. The zero-order valence-electron chi connectivity index (χ0n) is 12.1. The van der Waals surface area contributed by atoms with Crippen molar-refractivity contribution in [1.29, 1.82) is 0 Å². The van der Waals surface area contributed by atoms with Crippen molar-refractivity contribution in [3.05, 3.63) is 34.9 Å². The molecule has 0 amide bonds. The highest BCUT2D eigenvalue weighted by Gasteiger charge is 1.92. The molecule has 0 spiro atoms. The summed E-state index contributed by atoms with van der Waals surface area (Å²) in [6.07, 6.45) is 12.4. The highest BCUT2D eigenvalue weighted by molar-refractivity contribution is 8.05. The van der Waals surface area contributed by atoms with Gasteiger partial charge >= 0.3 is 0 Å². The van der Waals surface area contributed by atoms with Crippen LogP contribution in [0.15, 0.2) is 34.9 Å². The summed E-state index contributed by atoms with van der Waals surface area (Å²) in [6.45, 7) is 8.68. The molecular formula is C15H26OP2. The molecule has 0 N–H and O–H groups in total. The van der Waals surface area contributed by atoms with E-state index in [-0.39, 0.29) is 8.15 Å². The smallest absolute Gasteiger partial charge is 0.178 e. The average molecular weight is 284 g/mol. The van der Waals surface area contributed by atoms with Gasteiger partial charge in [0.05, 0.1) is 0 Å². The maximum atomic E-state index is 10.3. The van der Waals surface area contributed by atoms with Crippen LogP contribution in [0.3, 0.4) is 0 Å². The van der Waals surface area contributed by atoms with Crippen molar-refractivity contribution in [1.82, 2.24) is 0 Å². The minimum atomic E-state index is 0.284. The van der Waals surface area contributed by atoms with Crippen LogP contribution < -0.4 is 0 Å². The van der Waals surface area contributed by atoms with Gasteiger partial charge in [-0.15, -0.1) is 0 Å². The van der Waals surface area contributed by atoms with Gasteiger partial charge < -0.3 is 0 Å². The second-order valence-corrected chi connectivity index (χ2v) is 7.32. The van der Waals surface area contributed by atoms with E-state index in [2.05, 4.69) is 45.9 Å². The van der Waals surface area contributed by atoms with Gasteiger partial charge in [0, 0.05) is 0 Å². The Morgan fingerprint density at radius 2 is 1.50 bits per heavy atom. The summed E-state index contributed by atoms with van der Waals surface area (Å²) in [5, 5.41) is 0. The fraction of sp³-hybridized carbons (Fsp3) is 0.600. The Hall–Kier alpha value is -0.250. The first-order chi connectivity index (χ1) is 8.56. The van der Waals surface area contributed by atoms with Crippen LogP contribution in [-0.2, 0) is 4.57 Å². The molecule has 1 atom stereocenters. The normalized spacial score (nSPS) is 13.6. The fourth-order valence-corrected chi connectivity index (χ4v) is 2.61. The van der Waals surface area contributed by atoms with Crippen molar-refractivity contribution in [3.8, 4) is 0 Å². The first-order valence-corrected chi connectivity index (χ1v) is 9.42. The van der Waals surface area contributed by atoms with Crippen molar-refractivity contribution < 1.29 is 4.57 Å². The van der Waals surface area contributed by atoms with Crippen molar-refractivity contribution in [2.45, 2.75) is 53.4 Å². The number of allylic oxidation sites excluding steroid dienone is 6. The molecule has 18 heavy (non-hydrogen) atoms. The van der Waals surface area contributed by atoms with E-state index in [9.17, 15) is 4.57 Å². The Morgan fingerprint density at radius 1 is 0.944 bits per heavy atom. The molecule has 102 valence electrons. The Morgan fingerprint density at radius 3 is 2.06 bits per heavy atom. The van der Waals surface area contributed by atoms with E-state index in [0.717, 1.165) is 25.4 Å². The predicted octanol–water partition coefficient (Wildman–Crippen LogP) is 6.29. The van der Waals surface area contributed by atoms with Crippen LogP contribution >= 0.6 is 16.4 Å². The van der Waals surface area contributed by atoms with Crippen LogP contribution in [0.25, 0.3) is 0 Å². The molecule has 0 bridgehead atoms. The van der Waals surface area contributed by atoms with E-state index < -0.39 is 0 Å². The SMILES string of the molecule is CC(C)=CCC/C(C)=C/CC/C(C)=C/CPP=O. The Labute approximate surface area is 116 Å². The standard InChI is InChI=1S/C15H26OP2/c1-13(2)7-5-8-14(3)9-6-10-15(4)11-12-17-18-16/h7,9,11,17H,5-6,8,10,12H2,1-4H3/b14-9+,15-11+. The molecule has 0 aromatic heterocycles. The lowest BCUT2D eigenvalue weighted by atomic mass is 10.1. The Balaban J connectivity index is 3.82. The van der Waals surface area contributed by atoms with Crippen LogP contribution in [0.2, 0.25) is 0 Å². The van der Waals surface area contributed by atoms with E-state index in [1.54, 1.807) is 0 Å². The molecule has 0 saturated carbocycles.